The Kier molecular flexibility index (Phi) is 14.1. The van der Waals surface area contributed by atoms with Gasteiger partial charge < -0.3 is 23.7 Å². The third-order valence-corrected chi connectivity index (χ3v) is 15.0. The lowest BCUT2D eigenvalue weighted by atomic mass is 9.47. The number of carbonyl (C=O) groups is 3. The number of carbonyl (C=O) groups excluding carboxylic acids is 3. The average Bonchev–Trinajstić information content (AvgIpc) is 3.62. The van der Waals surface area contributed by atoms with E-state index in [4.69, 9.17) is 23.7 Å². The Hall–Kier alpha value is -5.11. The van der Waals surface area contributed by atoms with Crippen molar-refractivity contribution in [3.05, 3.63) is 120 Å². The second kappa shape index (κ2) is 19.5. The zero-order chi connectivity index (χ0) is 44.0. The van der Waals surface area contributed by atoms with Gasteiger partial charge in [0.05, 0.1) is 16.7 Å². The van der Waals surface area contributed by atoms with E-state index in [1.54, 1.807) is 60.7 Å². The fourth-order valence-corrected chi connectivity index (χ4v) is 11.8. The second-order valence-electron chi connectivity index (χ2n) is 19.3. The number of benzene rings is 3. The summed E-state index contributed by atoms with van der Waals surface area (Å²) < 4.78 is 28.9. The van der Waals surface area contributed by atoms with Gasteiger partial charge in [0.2, 0.25) is 0 Å². The molecule has 0 aromatic heterocycles. The lowest BCUT2D eigenvalue weighted by Gasteiger charge is -2.58. The maximum absolute atomic E-state index is 14.0. The predicted molar refractivity (Wildman–Crippen MR) is 243 cm³/mol. The second-order valence-corrected chi connectivity index (χ2v) is 19.3. The molecule has 8 nitrogen and oxygen atoms in total. The molecular formula is C54H66O8. The van der Waals surface area contributed by atoms with Crippen LogP contribution in [-0.4, -0.2) is 37.2 Å². The summed E-state index contributed by atoms with van der Waals surface area (Å²) in [7, 11) is 0. The van der Waals surface area contributed by atoms with Crippen LogP contribution < -0.4 is 18.9 Å². The molecule has 8 heteroatoms. The highest BCUT2D eigenvalue weighted by molar-refractivity contribution is 5.94. The fraction of sp³-hybridized carbons (Fsp3) is 0.500. The molecule has 7 rings (SSSR count). The van der Waals surface area contributed by atoms with E-state index in [2.05, 4.69) is 53.9 Å². The van der Waals surface area contributed by atoms with E-state index in [9.17, 15) is 14.4 Å². The van der Waals surface area contributed by atoms with Gasteiger partial charge >= 0.3 is 17.9 Å². The predicted octanol–water partition coefficient (Wildman–Crippen LogP) is 12.8. The lowest BCUT2D eigenvalue weighted by molar-refractivity contribution is -0.0594. The molecule has 3 aromatic rings. The summed E-state index contributed by atoms with van der Waals surface area (Å²) in [5.41, 5.74) is 2.63. The van der Waals surface area contributed by atoms with E-state index in [0.717, 1.165) is 42.9 Å². The quantitative estimate of drug-likeness (QED) is 0.0753. The maximum atomic E-state index is 14.0. The molecule has 0 spiro atoms. The van der Waals surface area contributed by atoms with E-state index in [0.29, 0.717) is 48.4 Å². The first-order chi connectivity index (χ1) is 29.8. The molecule has 0 bridgehead atoms. The maximum Gasteiger partial charge on any atom is 0.343 e. The minimum Gasteiger partial charge on any atom is -0.490 e. The van der Waals surface area contributed by atoms with Crippen molar-refractivity contribution >= 4 is 17.9 Å². The Morgan fingerprint density at radius 3 is 1.85 bits per heavy atom. The SMILES string of the molecule is C=CCOc1ccc(C(=O)Oc2cc(OC(=O)c3ccc(OCC=C)cc3)cc(C(=O)OC3CC[C@@]4(C)C(=CC[C@H]5[C@@H]6CC[C@H]([C@H](C)CCCC(C)C)[C@@]6(C)CC[C@@H]54)C3)c2)cc1. The highest BCUT2D eigenvalue weighted by Gasteiger charge is 2.59. The Balaban J connectivity index is 1.05. The van der Waals surface area contributed by atoms with Crippen molar-refractivity contribution in [1.82, 2.24) is 0 Å². The molecule has 330 valence electrons. The lowest BCUT2D eigenvalue weighted by Crippen LogP contribution is -2.51. The van der Waals surface area contributed by atoms with Crippen LogP contribution in [0.5, 0.6) is 23.0 Å². The Morgan fingerprint density at radius 2 is 1.29 bits per heavy atom. The van der Waals surface area contributed by atoms with Gasteiger partial charge in [0, 0.05) is 12.5 Å². The van der Waals surface area contributed by atoms with Crippen molar-refractivity contribution in [3.8, 4) is 23.0 Å². The molecule has 3 saturated carbocycles. The van der Waals surface area contributed by atoms with Crippen LogP contribution >= 0.6 is 0 Å². The molecule has 3 aromatic carbocycles. The van der Waals surface area contributed by atoms with Gasteiger partial charge in [-0.1, -0.05) is 90.8 Å². The molecule has 0 N–H and O–H groups in total. The minimum atomic E-state index is -0.653. The van der Waals surface area contributed by atoms with Crippen LogP contribution in [0, 0.1) is 46.3 Å². The van der Waals surface area contributed by atoms with Gasteiger partial charge in [-0.05, 0) is 152 Å². The van der Waals surface area contributed by atoms with Gasteiger partial charge in [-0.25, -0.2) is 14.4 Å². The first kappa shape index (κ1) is 44.9. The number of rotatable bonds is 17. The normalized spacial score (nSPS) is 26.7. The van der Waals surface area contributed by atoms with Crippen LogP contribution in [0.25, 0.3) is 0 Å². The van der Waals surface area contributed by atoms with E-state index in [-0.39, 0.29) is 39.7 Å². The Labute approximate surface area is 369 Å². The summed E-state index contributed by atoms with van der Waals surface area (Å²) >= 11 is 0. The number of hydrogen-bond acceptors (Lipinski definition) is 8. The van der Waals surface area contributed by atoms with Crippen LogP contribution in [0.4, 0.5) is 0 Å². The molecule has 0 aliphatic heterocycles. The third-order valence-electron chi connectivity index (χ3n) is 15.0. The van der Waals surface area contributed by atoms with E-state index < -0.39 is 17.9 Å². The van der Waals surface area contributed by atoms with Crippen molar-refractivity contribution in [3.63, 3.8) is 0 Å². The van der Waals surface area contributed by atoms with Gasteiger partial charge in [-0.3, -0.25) is 0 Å². The molecular weight excluding hydrogens is 777 g/mol. The molecule has 0 saturated heterocycles. The van der Waals surface area contributed by atoms with E-state index in [1.807, 2.05) is 0 Å². The Morgan fingerprint density at radius 1 is 0.694 bits per heavy atom. The summed E-state index contributed by atoms with van der Waals surface area (Å²) in [5.74, 6) is 3.88. The number of fused-ring (bicyclic) bond motifs is 5. The molecule has 0 radical (unpaired) electrons. The molecule has 8 atom stereocenters. The molecule has 3 fully saturated rings. The van der Waals surface area contributed by atoms with Crippen molar-refractivity contribution in [2.75, 3.05) is 13.2 Å². The zero-order valence-corrected chi connectivity index (χ0v) is 37.5. The molecule has 1 unspecified atom stereocenters. The number of allylic oxidation sites excluding steroid dienone is 1. The topological polar surface area (TPSA) is 97.4 Å². The number of ether oxygens (including phenoxy) is 5. The number of hydrogen-bond donors (Lipinski definition) is 0. The minimum absolute atomic E-state index is 0.0352. The first-order valence-corrected chi connectivity index (χ1v) is 23.0. The smallest absolute Gasteiger partial charge is 0.343 e. The van der Waals surface area contributed by atoms with Crippen LogP contribution in [0.3, 0.4) is 0 Å². The van der Waals surface area contributed by atoms with E-state index >= 15 is 0 Å². The third kappa shape index (κ3) is 9.90. The number of esters is 3. The molecule has 62 heavy (non-hydrogen) atoms. The monoisotopic (exact) mass is 842 g/mol. The van der Waals surface area contributed by atoms with Gasteiger partial charge in [0.1, 0.15) is 42.3 Å². The summed E-state index contributed by atoms with van der Waals surface area (Å²) in [6.07, 6.45) is 18.4. The van der Waals surface area contributed by atoms with Crippen molar-refractivity contribution in [2.24, 2.45) is 46.3 Å². The Bertz CT molecular complexity index is 2030. The molecule has 4 aliphatic rings. The van der Waals surface area contributed by atoms with Crippen LogP contribution in [0.2, 0.25) is 0 Å². The molecule has 0 heterocycles. The van der Waals surface area contributed by atoms with Crippen LogP contribution in [0.1, 0.15) is 136 Å². The average molecular weight is 843 g/mol. The van der Waals surface area contributed by atoms with Gasteiger partial charge in [0.25, 0.3) is 0 Å². The summed E-state index contributed by atoms with van der Waals surface area (Å²) in [4.78, 5) is 40.7. The van der Waals surface area contributed by atoms with Crippen molar-refractivity contribution < 1.29 is 38.1 Å². The summed E-state index contributed by atoms with van der Waals surface area (Å²) in [6, 6.07) is 17.4. The zero-order valence-electron chi connectivity index (χ0n) is 37.5. The van der Waals surface area contributed by atoms with Crippen molar-refractivity contribution in [1.29, 1.82) is 0 Å². The van der Waals surface area contributed by atoms with Gasteiger partial charge in [-0.2, -0.15) is 0 Å². The van der Waals surface area contributed by atoms with Gasteiger partial charge in [0.15, 0.2) is 0 Å². The molecule has 0 amide bonds. The van der Waals surface area contributed by atoms with Crippen LogP contribution in [0.15, 0.2) is 104 Å². The fourth-order valence-electron chi connectivity index (χ4n) is 11.8. The first-order valence-electron chi connectivity index (χ1n) is 23.0. The summed E-state index contributed by atoms with van der Waals surface area (Å²) in [5, 5.41) is 0. The van der Waals surface area contributed by atoms with Gasteiger partial charge in [-0.15, -0.1) is 0 Å². The highest BCUT2D eigenvalue weighted by atomic mass is 16.6. The standard InChI is InChI=1S/C54H66O8/c1-8-29-58-41-18-13-37(14-19-41)50(55)61-44-31-39(32-45(34-44)62-51(56)38-15-20-42(21-16-38)59-30-9-2)52(57)60-43-25-27-53(6)40(33-43)17-22-46-48-24-23-47(36(5)12-10-11-35(3)4)54(48,7)28-26-49(46)53/h8-9,13-21,31-32,34-36,43,46-49H,1-2,10-12,22-30,33H2,3-7H3/t36-,43?,46+,47-,48+,49+,53+,54-/m1/s1. The van der Waals surface area contributed by atoms with Crippen molar-refractivity contribution in [2.45, 2.75) is 111 Å². The molecule has 4 aliphatic carbocycles. The van der Waals surface area contributed by atoms with Crippen LogP contribution in [-0.2, 0) is 4.74 Å². The largest absolute Gasteiger partial charge is 0.490 e. The summed E-state index contributed by atoms with van der Waals surface area (Å²) in [6.45, 7) is 20.3. The highest BCUT2D eigenvalue weighted by Crippen LogP contribution is 2.67. The van der Waals surface area contributed by atoms with E-state index in [1.165, 1.54) is 68.7 Å².